The Bertz CT molecular complexity index is 373. The van der Waals surface area contributed by atoms with Crippen molar-refractivity contribution in [1.82, 2.24) is 0 Å². The minimum absolute atomic E-state index is 0.410. The molecule has 0 bridgehead atoms. The van der Waals surface area contributed by atoms with Crippen molar-refractivity contribution in [2.24, 2.45) is 11.3 Å². The van der Waals surface area contributed by atoms with Gasteiger partial charge in [0.05, 0.1) is 7.14 Å². The highest BCUT2D eigenvalue weighted by Gasteiger charge is 2.28. The van der Waals surface area contributed by atoms with Gasteiger partial charge in [-0.1, -0.05) is 31.9 Å². The van der Waals surface area contributed by atoms with E-state index in [9.17, 15) is 4.57 Å². The lowest BCUT2D eigenvalue weighted by atomic mass is 9.71. The van der Waals surface area contributed by atoms with Gasteiger partial charge < -0.3 is 4.57 Å². The summed E-state index contributed by atoms with van der Waals surface area (Å²) in [5.41, 5.74) is 3.76. The Morgan fingerprint density at radius 2 is 1.89 bits per heavy atom. The van der Waals surface area contributed by atoms with Crippen LogP contribution < -0.4 is 0 Å². The molecule has 1 atom stereocenters. The lowest BCUT2D eigenvalue weighted by molar-refractivity contribution is 0.343. The molecule has 19 heavy (non-hydrogen) atoms. The van der Waals surface area contributed by atoms with Gasteiger partial charge in [-0.2, -0.15) is 0 Å². The van der Waals surface area contributed by atoms with E-state index in [-0.39, 0.29) is 0 Å². The SMILES string of the molecule is CC1=C(CCC(C)CCP(C)(C)=O)C(C)(C)CCC1. The molecule has 0 fully saturated rings. The summed E-state index contributed by atoms with van der Waals surface area (Å²) in [6, 6.07) is 0. The first kappa shape index (κ1) is 17.0. The third kappa shape index (κ3) is 5.86. The molecule has 0 aromatic heterocycles. The molecule has 0 aromatic carbocycles. The van der Waals surface area contributed by atoms with Crippen LogP contribution in [0.15, 0.2) is 11.1 Å². The third-order valence-electron chi connectivity index (χ3n) is 4.73. The van der Waals surface area contributed by atoms with Crippen LogP contribution in [0.1, 0.15) is 66.2 Å². The van der Waals surface area contributed by atoms with Gasteiger partial charge in [0.25, 0.3) is 0 Å². The van der Waals surface area contributed by atoms with Gasteiger partial charge in [-0.05, 0) is 70.1 Å². The predicted molar refractivity (Wildman–Crippen MR) is 87.7 cm³/mol. The van der Waals surface area contributed by atoms with Crippen molar-refractivity contribution >= 4 is 7.14 Å². The second kappa shape index (κ2) is 6.61. The fourth-order valence-corrected chi connectivity index (χ4v) is 4.36. The number of hydrogen-bond acceptors (Lipinski definition) is 1. The van der Waals surface area contributed by atoms with Gasteiger partial charge in [-0.15, -0.1) is 0 Å². The molecule has 0 saturated carbocycles. The van der Waals surface area contributed by atoms with Gasteiger partial charge in [0, 0.05) is 6.16 Å². The van der Waals surface area contributed by atoms with Gasteiger partial charge in [-0.25, -0.2) is 0 Å². The second-order valence-electron chi connectivity index (χ2n) is 7.73. The first-order valence-corrected chi connectivity index (χ1v) is 10.6. The Kier molecular flexibility index (Phi) is 5.93. The topological polar surface area (TPSA) is 17.1 Å². The van der Waals surface area contributed by atoms with Gasteiger partial charge in [-0.3, -0.25) is 0 Å². The molecule has 0 aliphatic heterocycles. The van der Waals surface area contributed by atoms with E-state index in [0.29, 0.717) is 11.3 Å². The molecule has 0 amide bonds. The molecular weight excluding hydrogens is 251 g/mol. The minimum atomic E-state index is -1.83. The molecule has 0 spiro atoms. The van der Waals surface area contributed by atoms with Crippen molar-refractivity contribution in [1.29, 1.82) is 0 Å². The fraction of sp³-hybridized carbons (Fsp3) is 0.882. The van der Waals surface area contributed by atoms with E-state index in [1.165, 1.54) is 32.1 Å². The van der Waals surface area contributed by atoms with Gasteiger partial charge >= 0.3 is 0 Å². The molecule has 1 aliphatic carbocycles. The number of allylic oxidation sites excluding steroid dienone is 2. The molecule has 1 nitrogen and oxygen atoms in total. The van der Waals surface area contributed by atoms with Crippen molar-refractivity contribution in [2.75, 3.05) is 19.5 Å². The summed E-state index contributed by atoms with van der Waals surface area (Å²) in [4.78, 5) is 0. The highest BCUT2D eigenvalue weighted by Crippen LogP contribution is 2.43. The molecule has 0 aromatic rings. The van der Waals surface area contributed by atoms with Crippen LogP contribution in [0.2, 0.25) is 0 Å². The van der Waals surface area contributed by atoms with Crippen molar-refractivity contribution in [3.63, 3.8) is 0 Å². The lowest BCUT2D eigenvalue weighted by Gasteiger charge is -2.35. The summed E-state index contributed by atoms with van der Waals surface area (Å²) in [6.45, 7) is 13.3. The zero-order valence-electron chi connectivity index (χ0n) is 13.9. The Balaban J connectivity index is 2.49. The highest BCUT2D eigenvalue weighted by atomic mass is 31.2. The molecule has 0 saturated heterocycles. The van der Waals surface area contributed by atoms with E-state index in [0.717, 1.165) is 12.6 Å². The molecule has 2 heteroatoms. The van der Waals surface area contributed by atoms with Crippen molar-refractivity contribution in [2.45, 2.75) is 66.2 Å². The normalized spacial score (nSPS) is 21.6. The second-order valence-corrected chi connectivity index (χ2v) is 11.3. The fourth-order valence-electron chi connectivity index (χ4n) is 3.29. The van der Waals surface area contributed by atoms with E-state index in [4.69, 9.17) is 0 Å². The van der Waals surface area contributed by atoms with Crippen molar-refractivity contribution in [3.05, 3.63) is 11.1 Å². The van der Waals surface area contributed by atoms with E-state index < -0.39 is 7.14 Å². The largest absolute Gasteiger partial charge is 0.324 e. The van der Waals surface area contributed by atoms with Crippen LogP contribution in [-0.4, -0.2) is 19.5 Å². The predicted octanol–water partition coefficient (Wildman–Crippen LogP) is 5.94. The first-order valence-electron chi connectivity index (χ1n) is 7.85. The van der Waals surface area contributed by atoms with Crippen molar-refractivity contribution in [3.8, 4) is 0 Å². The summed E-state index contributed by atoms with van der Waals surface area (Å²) in [7, 11) is -1.83. The molecule has 0 radical (unpaired) electrons. The lowest BCUT2D eigenvalue weighted by Crippen LogP contribution is -2.21. The summed E-state index contributed by atoms with van der Waals surface area (Å²) >= 11 is 0. The minimum Gasteiger partial charge on any atom is -0.324 e. The zero-order chi connectivity index (χ0) is 14.7. The van der Waals surface area contributed by atoms with Crippen LogP contribution in [0.4, 0.5) is 0 Å². The van der Waals surface area contributed by atoms with E-state index >= 15 is 0 Å². The monoisotopic (exact) mass is 284 g/mol. The van der Waals surface area contributed by atoms with Crippen molar-refractivity contribution < 1.29 is 4.57 Å². The smallest absolute Gasteiger partial charge is 0.0819 e. The first-order chi connectivity index (χ1) is 8.62. The summed E-state index contributed by atoms with van der Waals surface area (Å²) < 4.78 is 11.8. The highest BCUT2D eigenvalue weighted by molar-refractivity contribution is 7.62. The van der Waals surface area contributed by atoms with E-state index in [2.05, 4.69) is 27.7 Å². The maximum atomic E-state index is 11.8. The maximum absolute atomic E-state index is 11.8. The van der Waals surface area contributed by atoms with Gasteiger partial charge in [0.15, 0.2) is 0 Å². The van der Waals surface area contributed by atoms with Gasteiger partial charge in [0.1, 0.15) is 0 Å². The summed E-state index contributed by atoms with van der Waals surface area (Å²) in [5, 5.41) is 0. The summed E-state index contributed by atoms with van der Waals surface area (Å²) in [6.07, 6.45) is 8.53. The molecule has 1 rings (SSSR count). The Labute approximate surface area is 120 Å². The van der Waals surface area contributed by atoms with Crippen LogP contribution in [0.3, 0.4) is 0 Å². The molecule has 0 heterocycles. The van der Waals surface area contributed by atoms with E-state index in [1.54, 1.807) is 11.1 Å². The number of rotatable bonds is 6. The quantitative estimate of drug-likeness (QED) is 0.435. The van der Waals surface area contributed by atoms with Crippen LogP contribution >= 0.6 is 7.14 Å². The van der Waals surface area contributed by atoms with E-state index in [1.807, 2.05) is 13.3 Å². The Morgan fingerprint density at radius 1 is 1.26 bits per heavy atom. The van der Waals surface area contributed by atoms with Crippen LogP contribution in [0.5, 0.6) is 0 Å². The molecule has 0 N–H and O–H groups in total. The third-order valence-corrected chi connectivity index (χ3v) is 6.07. The molecular formula is C17H33OP. The van der Waals surface area contributed by atoms with Gasteiger partial charge in [0.2, 0.25) is 0 Å². The standard InChI is InChI=1S/C17H33OP/c1-14(11-13-19(5,6)18)9-10-16-15(2)8-7-12-17(16,3)4/h14H,7-13H2,1-6H3. The molecule has 1 aliphatic rings. The molecule has 1 unspecified atom stereocenters. The zero-order valence-corrected chi connectivity index (χ0v) is 14.8. The Morgan fingerprint density at radius 3 is 2.42 bits per heavy atom. The number of hydrogen-bond donors (Lipinski definition) is 0. The Hall–Kier alpha value is -0.0300. The van der Waals surface area contributed by atoms with Crippen LogP contribution in [0.25, 0.3) is 0 Å². The average Bonchev–Trinajstić information content (AvgIpc) is 2.23. The summed E-state index contributed by atoms with van der Waals surface area (Å²) in [5.74, 6) is 0.700. The van der Waals surface area contributed by atoms with Crippen LogP contribution in [0, 0.1) is 11.3 Å². The van der Waals surface area contributed by atoms with Crippen LogP contribution in [-0.2, 0) is 4.57 Å². The average molecular weight is 284 g/mol. The maximum Gasteiger partial charge on any atom is 0.0819 e. The molecule has 112 valence electrons.